The fraction of sp³-hybridized carbons (Fsp3) is 0.240. The summed E-state index contributed by atoms with van der Waals surface area (Å²) in [5.74, 6) is -0.249. The fourth-order valence-corrected chi connectivity index (χ4v) is 5.04. The zero-order valence-corrected chi connectivity index (χ0v) is 21.1. The number of hydrogen-bond donors (Lipinski definition) is 1. The Balaban J connectivity index is 1.88. The summed E-state index contributed by atoms with van der Waals surface area (Å²) in [5, 5.41) is 2.76. The first-order chi connectivity index (χ1) is 16.7. The van der Waals surface area contributed by atoms with Crippen molar-refractivity contribution in [1.29, 1.82) is 0 Å². The molecule has 1 N–H and O–H groups in total. The predicted molar refractivity (Wildman–Crippen MR) is 132 cm³/mol. The van der Waals surface area contributed by atoms with Crippen LogP contribution in [0.2, 0.25) is 5.02 Å². The topological polar surface area (TPSA) is 84.9 Å². The molecule has 0 aliphatic rings. The summed E-state index contributed by atoms with van der Waals surface area (Å²) in [5.41, 5.74) is 1.44. The van der Waals surface area contributed by atoms with Crippen LogP contribution in [0.4, 0.5) is 4.39 Å². The second-order valence-electron chi connectivity index (χ2n) is 7.70. The Bertz CT molecular complexity index is 1260. The lowest BCUT2D eigenvalue weighted by molar-refractivity contribution is -0.121. The van der Waals surface area contributed by atoms with Crippen LogP contribution in [0.15, 0.2) is 65.6 Å². The summed E-state index contributed by atoms with van der Waals surface area (Å²) in [4.78, 5) is 12.9. The molecule has 186 valence electrons. The second kappa shape index (κ2) is 11.5. The van der Waals surface area contributed by atoms with Crippen molar-refractivity contribution >= 4 is 27.5 Å². The normalized spacial score (nSPS) is 11.4. The van der Waals surface area contributed by atoms with Gasteiger partial charge in [0.2, 0.25) is 15.9 Å². The molecule has 0 bridgehead atoms. The number of hydrogen-bond acceptors (Lipinski definition) is 5. The summed E-state index contributed by atoms with van der Waals surface area (Å²) in [6, 6.07) is 15.4. The van der Waals surface area contributed by atoms with Crippen LogP contribution in [0, 0.1) is 12.7 Å². The van der Waals surface area contributed by atoms with Crippen LogP contribution in [0.25, 0.3) is 0 Å². The molecule has 0 saturated carbocycles. The van der Waals surface area contributed by atoms with E-state index in [4.69, 9.17) is 21.1 Å². The first-order valence-corrected chi connectivity index (χ1v) is 12.5. The summed E-state index contributed by atoms with van der Waals surface area (Å²) < 4.78 is 52.9. The van der Waals surface area contributed by atoms with E-state index in [1.807, 2.05) is 6.92 Å². The Labute approximate surface area is 209 Å². The maximum Gasteiger partial charge on any atom is 0.243 e. The number of benzene rings is 3. The third-order valence-electron chi connectivity index (χ3n) is 5.37. The van der Waals surface area contributed by atoms with E-state index >= 15 is 0 Å². The van der Waals surface area contributed by atoms with Gasteiger partial charge in [-0.15, -0.1) is 0 Å². The van der Waals surface area contributed by atoms with Crippen molar-refractivity contribution in [3.05, 3.63) is 88.2 Å². The quantitative estimate of drug-likeness (QED) is 0.430. The van der Waals surface area contributed by atoms with Gasteiger partial charge in [0.05, 0.1) is 37.8 Å². The Morgan fingerprint density at radius 2 is 1.57 bits per heavy atom. The molecular formula is C25H26ClFN2O5S. The number of rotatable bonds is 10. The van der Waals surface area contributed by atoms with Gasteiger partial charge in [0.1, 0.15) is 17.3 Å². The summed E-state index contributed by atoms with van der Waals surface area (Å²) in [7, 11) is -1.17. The van der Waals surface area contributed by atoms with Gasteiger partial charge in [0.25, 0.3) is 0 Å². The minimum absolute atomic E-state index is 0.0187. The molecule has 0 heterocycles. The number of methoxy groups -OCH3 is 2. The minimum Gasteiger partial charge on any atom is -0.496 e. The number of sulfonamides is 1. The Hall–Kier alpha value is -3.14. The zero-order valence-electron chi connectivity index (χ0n) is 19.5. The van der Waals surface area contributed by atoms with Gasteiger partial charge in [0, 0.05) is 17.1 Å². The van der Waals surface area contributed by atoms with Crippen molar-refractivity contribution in [2.75, 3.05) is 20.8 Å². The van der Waals surface area contributed by atoms with Gasteiger partial charge >= 0.3 is 0 Å². The van der Waals surface area contributed by atoms with Gasteiger partial charge in [-0.1, -0.05) is 41.4 Å². The predicted octanol–water partition coefficient (Wildman–Crippen LogP) is 4.31. The van der Waals surface area contributed by atoms with Gasteiger partial charge in [-0.3, -0.25) is 4.79 Å². The van der Waals surface area contributed by atoms with Crippen LogP contribution in [-0.4, -0.2) is 39.4 Å². The van der Waals surface area contributed by atoms with E-state index in [1.165, 1.54) is 44.6 Å². The molecule has 0 radical (unpaired) electrons. The van der Waals surface area contributed by atoms with Crippen molar-refractivity contribution < 1.29 is 27.1 Å². The fourth-order valence-electron chi connectivity index (χ4n) is 3.45. The molecule has 0 atom stereocenters. The molecule has 10 heteroatoms. The molecule has 1 amide bonds. The zero-order chi connectivity index (χ0) is 25.6. The molecule has 0 aliphatic heterocycles. The number of carbonyl (C=O) groups is 1. The molecule has 3 aromatic rings. The molecule has 3 rings (SSSR count). The van der Waals surface area contributed by atoms with Crippen molar-refractivity contribution in [3.8, 4) is 11.5 Å². The van der Waals surface area contributed by atoms with Crippen molar-refractivity contribution in [2.45, 2.75) is 24.9 Å². The average molecular weight is 521 g/mol. The van der Waals surface area contributed by atoms with E-state index in [0.29, 0.717) is 17.1 Å². The van der Waals surface area contributed by atoms with Crippen LogP contribution < -0.4 is 14.8 Å². The number of aryl methyl sites for hydroxylation is 1. The van der Waals surface area contributed by atoms with Gasteiger partial charge in [0.15, 0.2) is 0 Å². The van der Waals surface area contributed by atoms with E-state index in [2.05, 4.69) is 5.32 Å². The lowest BCUT2D eigenvalue weighted by Crippen LogP contribution is -2.40. The molecule has 0 spiro atoms. The largest absolute Gasteiger partial charge is 0.496 e. The van der Waals surface area contributed by atoms with Crippen molar-refractivity contribution in [3.63, 3.8) is 0 Å². The third-order valence-corrected chi connectivity index (χ3v) is 7.53. The van der Waals surface area contributed by atoms with Crippen LogP contribution in [-0.2, 0) is 27.9 Å². The van der Waals surface area contributed by atoms with Crippen LogP contribution >= 0.6 is 11.6 Å². The Kier molecular flexibility index (Phi) is 8.71. The van der Waals surface area contributed by atoms with Crippen molar-refractivity contribution in [1.82, 2.24) is 9.62 Å². The Morgan fingerprint density at radius 1 is 0.971 bits per heavy atom. The molecule has 0 fully saturated rings. The molecule has 0 unspecified atom stereocenters. The second-order valence-corrected chi connectivity index (χ2v) is 10.0. The van der Waals surface area contributed by atoms with E-state index in [1.54, 1.807) is 30.3 Å². The van der Waals surface area contributed by atoms with Gasteiger partial charge in [-0.05, 0) is 43.3 Å². The molecule has 35 heavy (non-hydrogen) atoms. The summed E-state index contributed by atoms with van der Waals surface area (Å²) >= 11 is 6.15. The lowest BCUT2D eigenvalue weighted by atomic mass is 10.1. The molecular weight excluding hydrogens is 495 g/mol. The molecule has 0 aromatic heterocycles. The highest BCUT2D eigenvalue weighted by molar-refractivity contribution is 7.89. The molecule has 0 saturated heterocycles. The number of amides is 1. The van der Waals surface area contributed by atoms with Crippen LogP contribution in [0.5, 0.6) is 11.5 Å². The lowest BCUT2D eigenvalue weighted by Gasteiger charge is -2.23. The van der Waals surface area contributed by atoms with E-state index < -0.39 is 34.8 Å². The minimum atomic E-state index is -4.16. The number of carbonyl (C=O) groups excluding carboxylic acids is 1. The summed E-state index contributed by atoms with van der Waals surface area (Å²) in [6.07, 6.45) is 0. The van der Waals surface area contributed by atoms with Gasteiger partial charge < -0.3 is 14.8 Å². The third kappa shape index (κ3) is 6.30. The molecule has 3 aromatic carbocycles. The highest BCUT2D eigenvalue weighted by Crippen LogP contribution is 2.28. The van der Waals surface area contributed by atoms with Crippen LogP contribution in [0.3, 0.4) is 0 Å². The maximum absolute atomic E-state index is 14.5. The van der Waals surface area contributed by atoms with Gasteiger partial charge in [-0.2, -0.15) is 4.31 Å². The van der Waals surface area contributed by atoms with Crippen LogP contribution in [0.1, 0.15) is 16.7 Å². The van der Waals surface area contributed by atoms with Gasteiger partial charge in [-0.25, -0.2) is 12.8 Å². The first-order valence-electron chi connectivity index (χ1n) is 10.6. The summed E-state index contributed by atoms with van der Waals surface area (Å²) in [6.45, 7) is 0.878. The smallest absolute Gasteiger partial charge is 0.243 e. The first kappa shape index (κ1) is 26.5. The SMILES string of the molecule is COc1cccc(OC)c1CNC(=O)CN(Cc1c(F)cccc1Cl)S(=O)(=O)c1ccc(C)cc1. The number of nitrogens with zero attached hydrogens (tertiary/aromatic N) is 1. The average Bonchev–Trinajstić information content (AvgIpc) is 2.84. The highest BCUT2D eigenvalue weighted by atomic mass is 35.5. The highest BCUT2D eigenvalue weighted by Gasteiger charge is 2.28. The number of ether oxygens (including phenoxy) is 2. The standard InChI is InChI=1S/C25H26ClFN2O5S/c1-17-10-12-18(13-11-17)35(31,32)29(15-20-21(26)6-4-7-22(20)27)16-25(30)28-14-19-23(33-2)8-5-9-24(19)34-3/h4-13H,14-16H2,1-3H3,(H,28,30). The number of halogens is 2. The van der Waals surface area contributed by atoms with E-state index in [0.717, 1.165) is 9.87 Å². The molecule has 7 nitrogen and oxygen atoms in total. The monoisotopic (exact) mass is 520 g/mol. The van der Waals surface area contributed by atoms with Crippen molar-refractivity contribution in [2.24, 2.45) is 0 Å². The molecule has 0 aliphatic carbocycles. The Morgan fingerprint density at radius 3 is 2.14 bits per heavy atom. The number of nitrogens with one attached hydrogen (secondary N) is 1. The van der Waals surface area contributed by atoms with E-state index in [-0.39, 0.29) is 22.0 Å². The maximum atomic E-state index is 14.5. The van der Waals surface area contributed by atoms with E-state index in [9.17, 15) is 17.6 Å².